The summed E-state index contributed by atoms with van der Waals surface area (Å²) in [6, 6.07) is -2.22. The largest absolute Gasteiger partial charge is 0.417 e. The average Bonchev–Trinajstić information content (AvgIpc) is 3.33. The second kappa shape index (κ2) is 10.2. The first-order valence-electron chi connectivity index (χ1n) is 12.5. The molecule has 11 nitrogen and oxygen atoms in total. The number of pyridine rings is 1. The number of alkyl halides is 5. The molecule has 0 aliphatic carbocycles. The van der Waals surface area contributed by atoms with E-state index in [-0.39, 0.29) is 18.8 Å². The summed E-state index contributed by atoms with van der Waals surface area (Å²) in [5.74, 6) is -3.16. The third-order valence-corrected chi connectivity index (χ3v) is 7.13. The van der Waals surface area contributed by atoms with E-state index in [4.69, 9.17) is 4.74 Å². The number of amides is 2. The fourth-order valence-corrected chi connectivity index (χ4v) is 4.97. The zero-order valence-electron chi connectivity index (χ0n) is 21.6. The van der Waals surface area contributed by atoms with Crippen molar-refractivity contribution in [1.29, 1.82) is 0 Å². The molecule has 2 aliphatic heterocycles. The average molecular weight is 571 g/mol. The van der Waals surface area contributed by atoms with E-state index in [0.29, 0.717) is 59.2 Å². The second-order valence-corrected chi connectivity index (χ2v) is 9.78. The lowest BCUT2D eigenvalue weighted by molar-refractivity contribution is -0.138. The fourth-order valence-electron chi connectivity index (χ4n) is 4.97. The Bertz CT molecular complexity index is 1470. The lowest BCUT2D eigenvalue weighted by atomic mass is 9.99. The van der Waals surface area contributed by atoms with E-state index < -0.39 is 47.5 Å². The van der Waals surface area contributed by atoms with Gasteiger partial charge in [-0.1, -0.05) is 0 Å². The molecule has 0 aromatic carbocycles. The molecule has 2 amide bonds. The van der Waals surface area contributed by atoms with Gasteiger partial charge in [0.15, 0.2) is 5.65 Å². The minimum atomic E-state index is -4.77. The molecule has 2 saturated heterocycles. The molecule has 5 rings (SSSR count). The molecule has 2 aliphatic rings. The standard InChI is InChI=1S/C24H27F5N8O3/c1-34-12-14(24(27,28)29)9-15(21(34)38)32-22(39)35(2)17-3-4-37(13-23(17,25)26)18-11-31-20-19(33-18)16(10-30-20)36-5-7-40-8-6-36/h9-12,17H,3-8,13H2,1-2H3,(H,30,31)(H,32,39)/t17-/m1/s1. The number of anilines is 3. The molecule has 2 N–H and O–H groups in total. The number of nitrogens with zero attached hydrogens (tertiary/aromatic N) is 6. The molecule has 2 fully saturated rings. The number of carbonyl (C=O) groups is 1. The number of halogens is 5. The number of urea groups is 1. The fraction of sp³-hybridized carbons (Fsp3) is 0.500. The zero-order chi connectivity index (χ0) is 28.8. The molecular formula is C24H27F5N8O3. The molecule has 0 unspecified atom stereocenters. The van der Waals surface area contributed by atoms with Crippen molar-refractivity contribution in [3.8, 4) is 0 Å². The van der Waals surface area contributed by atoms with Crippen molar-refractivity contribution in [2.45, 2.75) is 24.6 Å². The van der Waals surface area contributed by atoms with Gasteiger partial charge >= 0.3 is 12.2 Å². The van der Waals surface area contributed by atoms with Crippen molar-refractivity contribution in [2.24, 2.45) is 7.05 Å². The Morgan fingerprint density at radius 1 is 1.23 bits per heavy atom. The molecule has 16 heteroatoms. The van der Waals surface area contributed by atoms with Crippen LogP contribution in [0, 0.1) is 0 Å². The Kier molecular flexibility index (Phi) is 7.06. The Morgan fingerprint density at radius 2 is 1.95 bits per heavy atom. The summed E-state index contributed by atoms with van der Waals surface area (Å²) in [6.45, 7) is 1.78. The summed E-state index contributed by atoms with van der Waals surface area (Å²) in [5, 5.41) is 2.06. The van der Waals surface area contributed by atoms with Crippen LogP contribution in [0.3, 0.4) is 0 Å². The van der Waals surface area contributed by atoms with Gasteiger partial charge in [0.25, 0.3) is 11.5 Å². The Morgan fingerprint density at radius 3 is 2.62 bits per heavy atom. The molecule has 0 spiro atoms. The van der Waals surface area contributed by atoms with Crippen LogP contribution in [0.15, 0.2) is 29.5 Å². The Balaban J connectivity index is 1.31. The van der Waals surface area contributed by atoms with Crippen molar-refractivity contribution in [3.63, 3.8) is 0 Å². The van der Waals surface area contributed by atoms with Crippen molar-refractivity contribution >= 4 is 34.4 Å². The third-order valence-electron chi connectivity index (χ3n) is 7.13. The maximum atomic E-state index is 15.4. The number of carbonyl (C=O) groups excluding carboxylic acids is 1. The van der Waals surface area contributed by atoms with E-state index in [9.17, 15) is 22.8 Å². The third kappa shape index (κ3) is 5.26. The van der Waals surface area contributed by atoms with Crippen LogP contribution >= 0.6 is 0 Å². The Hall–Kier alpha value is -3.95. The molecule has 3 aromatic rings. The van der Waals surface area contributed by atoms with Crippen LogP contribution in [0.5, 0.6) is 0 Å². The van der Waals surface area contributed by atoms with E-state index in [0.717, 1.165) is 19.8 Å². The number of aromatic amines is 1. The number of H-pyrrole nitrogens is 1. The van der Waals surface area contributed by atoms with Crippen LogP contribution < -0.4 is 20.7 Å². The monoisotopic (exact) mass is 570 g/mol. The number of nitrogens with one attached hydrogen (secondary N) is 2. The van der Waals surface area contributed by atoms with Crippen LogP contribution in [0.25, 0.3) is 11.2 Å². The van der Waals surface area contributed by atoms with Gasteiger partial charge in [-0.2, -0.15) is 13.2 Å². The van der Waals surface area contributed by atoms with Gasteiger partial charge in [0.1, 0.15) is 23.1 Å². The molecule has 0 saturated carbocycles. The van der Waals surface area contributed by atoms with Gasteiger partial charge in [-0.3, -0.25) is 4.79 Å². The SMILES string of the molecule is CN(C(=O)Nc1cc(C(F)(F)F)cn(C)c1=O)[C@@H]1CCN(c2cnc3[nH]cc(N4CCOCC4)c3n2)CC1(F)F. The molecule has 5 heterocycles. The lowest BCUT2D eigenvalue weighted by Crippen LogP contribution is -2.59. The quantitative estimate of drug-likeness (QED) is 0.464. The number of hydrogen-bond donors (Lipinski definition) is 2. The highest BCUT2D eigenvalue weighted by atomic mass is 19.4. The number of piperidine rings is 1. The summed E-state index contributed by atoms with van der Waals surface area (Å²) in [7, 11) is 2.21. The lowest BCUT2D eigenvalue weighted by Gasteiger charge is -2.42. The maximum absolute atomic E-state index is 15.4. The number of fused-ring (bicyclic) bond motifs is 1. The number of morpholine rings is 1. The van der Waals surface area contributed by atoms with E-state index in [2.05, 4.69) is 25.2 Å². The van der Waals surface area contributed by atoms with Gasteiger partial charge in [-0.15, -0.1) is 0 Å². The van der Waals surface area contributed by atoms with Gasteiger partial charge in [0.2, 0.25) is 0 Å². The van der Waals surface area contributed by atoms with Crippen LogP contribution in [0.4, 0.5) is 43.9 Å². The summed E-state index contributed by atoms with van der Waals surface area (Å²) < 4.78 is 76.3. The highest BCUT2D eigenvalue weighted by Crippen LogP contribution is 2.34. The van der Waals surface area contributed by atoms with Crippen LogP contribution in [0.1, 0.15) is 12.0 Å². The first-order chi connectivity index (χ1) is 18.8. The molecule has 40 heavy (non-hydrogen) atoms. The smallest absolute Gasteiger partial charge is 0.378 e. The van der Waals surface area contributed by atoms with Gasteiger partial charge in [0.05, 0.1) is 37.2 Å². The minimum absolute atomic E-state index is 0.112. The normalized spacial score (nSPS) is 19.6. The van der Waals surface area contributed by atoms with Crippen LogP contribution in [0.2, 0.25) is 0 Å². The minimum Gasteiger partial charge on any atom is -0.378 e. The molecular weight excluding hydrogens is 543 g/mol. The number of hydrogen-bond acceptors (Lipinski definition) is 7. The van der Waals surface area contributed by atoms with Gasteiger partial charge in [0, 0.05) is 46.1 Å². The Labute approximate surface area is 224 Å². The molecule has 0 bridgehead atoms. The zero-order valence-corrected chi connectivity index (χ0v) is 21.6. The summed E-state index contributed by atoms with van der Waals surface area (Å²) in [4.78, 5) is 41.2. The molecule has 0 radical (unpaired) electrons. The number of ether oxygens (including phenoxy) is 1. The van der Waals surface area contributed by atoms with Gasteiger partial charge in [-0.25, -0.2) is 23.5 Å². The predicted octanol–water partition coefficient (Wildman–Crippen LogP) is 2.89. The van der Waals surface area contributed by atoms with E-state index in [1.54, 1.807) is 6.20 Å². The van der Waals surface area contributed by atoms with E-state index >= 15 is 8.78 Å². The summed E-state index contributed by atoms with van der Waals surface area (Å²) in [5.41, 5.74) is -0.879. The van der Waals surface area contributed by atoms with Crippen molar-refractivity contribution < 1.29 is 31.5 Å². The van der Waals surface area contributed by atoms with Crippen LogP contribution in [-0.4, -0.2) is 88.9 Å². The highest BCUT2D eigenvalue weighted by Gasteiger charge is 2.48. The number of rotatable bonds is 4. The summed E-state index contributed by atoms with van der Waals surface area (Å²) >= 11 is 0. The topological polar surface area (TPSA) is 112 Å². The van der Waals surface area contributed by atoms with Crippen LogP contribution in [-0.2, 0) is 18.0 Å². The number of aromatic nitrogens is 4. The van der Waals surface area contributed by atoms with Crippen molar-refractivity contribution in [1.82, 2.24) is 24.4 Å². The van der Waals surface area contributed by atoms with E-state index in [1.807, 2.05) is 0 Å². The second-order valence-electron chi connectivity index (χ2n) is 9.78. The molecule has 3 aromatic heterocycles. The van der Waals surface area contributed by atoms with Crippen molar-refractivity contribution in [2.75, 3.05) is 61.6 Å². The first-order valence-corrected chi connectivity index (χ1v) is 12.5. The molecule has 216 valence electrons. The van der Waals surface area contributed by atoms with Gasteiger partial charge < -0.3 is 34.3 Å². The maximum Gasteiger partial charge on any atom is 0.417 e. The van der Waals surface area contributed by atoms with E-state index in [1.165, 1.54) is 11.1 Å². The predicted molar refractivity (Wildman–Crippen MR) is 136 cm³/mol. The molecule has 1 atom stereocenters. The van der Waals surface area contributed by atoms with Crippen molar-refractivity contribution in [3.05, 3.63) is 40.6 Å². The highest BCUT2D eigenvalue weighted by molar-refractivity contribution is 5.89. The summed E-state index contributed by atoms with van der Waals surface area (Å²) in [6.07, 6.45) is -1.18. The number of aryl methyl sites for hydroxylation is 1. The first kappa shape index (κ1) is 27.6. The van der Waals surface area contributed by atoms with Gasteiger partial charge in [-0.05, 0) is 12.5 Å².